The molecule has 0 unspecified atom stereocenters. The maximum Gasteiger partial charge on any atom is 0.167 e. The van der Waals surface area contributed by atoms with Gasteiger partial charge in [0.15, 0.2) is 11.6 Å². The van der Waals surface area contributed by atoms with Gasteiger partial charge in [0.05, 0.1) is 0 Å². The minimum atomic E-state index is -0.917. The molecular formula is C26H31F3. The van der Waals surface area contributed by atoms with Crippen LogP contribution < -0.4 is 0 Å². The second-order valence-electron chi connectivity index (χ2n) is 9.48. The molecule has 0 nitrogen and oxygen atoms in total. The van der Waals surface area contributed by atoms with Crippen molar-refractivity contribution < 1.29 is 13.2 Å². The molecule has 2 aliphatic rings. The van der Waals surface area contributed by atoms with E-state index in [2.05, 4.69) is 13.8 Å². The molecule has 2 aromatic rings. The molecule has 0 saturated heterocycles. The van der Waals surface area contributed by atoms with Crippen molar-refractivity contribution in [1.29, 1.82) is 0 Å². The lowest BCUT2D eigenvalue weighted by atomic mass is 9.78. The molecule has 156 valence electrons. The van der Waals surface area contributed by atoms with E-state index in [4.69, 9.17) is 0 Å². The van der Waals surface area contributed by atoms with Crippen molar-refractivity contribution in [2.75, 3.05) is 0 Å². The zero-order valence-electron chi connectivity index (χ0n) is 17.5. The minimum absolute atomic E-state index is 0.0248. The van der Waals surface area contributed by atoms with Crippen LogP contribution in [0.2, 0.25) is 0 Å². The Morgan fingerprint density at radius 2 is 1.17 bits per heavy atom. The molecule has 2 aromatic carbocycles. The molecule has 2 aliphatic carbocycles. The first-order valence-electron chi connectivity index (χ1n) is 11.2. The molecule has 0 spiro atoms. The maximum absolute atomic E-state index is 14.9. The predicted molar refractivity (Wildman–Crippen MR) is 112 cm³/mol. The van der Waals surface area contributed by atoms with Gasteiger partial charge in [-0.3, -0.25) is 0 Å². The molecular weight excluding hydrogens is 369 g/mol. The Hall–Kier alpha value is -1.77. The molecule has 0 N–H and O–H groups in total. The van der Waals surface area contributed by atoms with E-state index in [0.717, 1.165) is 62.8 Å². The van der Waals surface area contributed by atoms with Crippen LogP contribution in [0.25, 0.3) is 11.1 Å². The normalized spacial score (nSPS) is 27.8. The van der Waals surface area contributed by atoms with Gasteiger partial charge < -0.3 is 0 Å². The molecule has 0 amide bonds. The van der Waals surface area contributed by atoms with E-state index in [1.54, 1.807) is 18.2 Å². The monoisotopic (exact) mass is 400 g/mol. The van der Waals surface area contributed by atoms with Crippen LogP contribution in [0.5, 0.6) is 0 Å². The number of halogens is 3. The van der Waals surface area contributed by atoms with Gasteiger partial charge in [-0.15, -0.1) is 0 Å². The number of benzene rings is 2. The molecule has 29 heavy (non-hydrogen) atoms. The van der Waals surface area contributed by atoms with Crippen LogP contribution in [0.3, 0.4) is 0 Å². The molecule has 0 atom stereocenters. The van der Waals surface area contributed by atoms with Crippen LogP contribution in [-0.2, 0) is 0 Å². The highest BCUT2D eigenvalue weighted by Gasteiger charge is 2.26. The summed E-state index contributed by atoms with van der Waals surface area (Å²) in [5, 5.41) is 0. The third-order valence-corrected chi connectivity index (χ3v) is 7.34. The summed E-state index contributed by atoms with van der Waals surface area (Å²) in [5.41, 5.74) is 1.60. The first-order chi connectivity index (χ1) is 13.9. The van der Waals surface area contributed by atoms with Crippen LogP contribution in [-0.4, -0.2) is 0 Å². The Morgan fingerprint density at radius 1 is 0.621 bits per heavy atom. The van der Waals surface area contributed by atoms with E-state index in [-0.39, 0.29) is 17.0 Å². The van der Waals surface area contributed by atoms with E-state index >= 15 is 0 Å². The van der Waals surface area contributed by atoms with E-state index < -0.39 is 17.5 Å². The predicted octanol–water partition coefficient (Wildman–Crippen LogP) is 8.36. The third-order valence-electron chi connectivity index (χ3n) is 7.34. The van der Waals surface area contributed by atoms with Gasteiger partial charge in [0.1, 0.15) is 5.82 Å². The van der Waals surface area contributed by atoms with Gasteiger partial charge in [-0.25, -0.2) is 13.2 Å². The maximum atomic E-state index is 14.9. The van der Waals surface area contributed by atoms with E-state index in [1.165, 1.54) is 6.07 Å². The molecule has 4 rings (SSSR count). The summed E-state index contributed by atoms with van der Waals surface area (Å²) in [6.07, 6.45) is 8.33. The fourth-order valence-corrected chi connectivity index (χ4v) is 5.26. The summed E-state index contributed by atoms with van der Waals surface area (Å²) in [5.74, 6) is -0.357. The van der Waals surface area contributed by atoms with Crippen molar-refractivity contribution in [3.8, 4) is 11.1 Å². The molecule has 0 aromatic heterocycles. The summed E-state index contributed by atoms with van der Waals surface area (Å²) in [6, 6.07) is 8.29. The number of rotatable bonds is 3. The highest BCUT2D eigenvalue weighted by atomic mass is 19.2. The topological polar surface area (TPSA) is 0 Å². The van der Waals surface area contributed by atoms with Crippen LogP contribution >= 0.6 is 0 Å². The Labute approximate surface area is 172 Å². The van der Waals surface area contributed by atoms with Crippen molar-refractivity contribution in [1.82, 2.24) is 0 Å². The standard InChI is InChI=1S/C26H31F3/c1-16-3-7-18(8-4-16)20-11-12-22(24(27)15-20)23-14-13-21(25(28)26(23)29)19-9-5-17(2)6-10-19/h11-19H,3-10H2,1-2H3. The van der Waals surface area contributed by atoms with E-state index in [9.17, 15) is 13.2 Å². The summed E-state index contributed by atoms with van der Waals surface area (Å²) in [7, 11) is 0. The fourth-order valence-electron chi connectivity index (χ4n) is 5.26. The second-order valence-corrected chi connectivity index (χ2v) is 9.48. The van der Waals surface area contributed by atoms with Crippen molar-refractivity contribution in [2.45, 2.75) is 77.0 Å². The Bertz CT molecular complexity index is 856. The van der Waals surface area contributed by atoms with Gasteiger partial charge >= 0.3 is 0 Å². The number of hydrogen-bond donors (Lipinski definition) is 0. The van der Waals surface area contributed by atoms with Gasteiger partial charge in [0.25, 0.3) is 0 Å². The summed E-state index contributed by atoms with van der Waals surface area (Å²) in [4.78, 5) is 0. The van der Waals surface area contributed by atoms with Crippen LogP contribution in [0.1, 0.15) is 88.2 Å². The summed E-state index contributed by atoms with van der Waals surface area (Å²) < 4.78 is 44.7. The SMILES string of the molecule is CC1CCC(c2ccc(-c3ccc(C4CCC(C)CC4)c(F)c3F)c(F)c2)CC1. The summed E-state index contributed by atoms with van der Waals surface area (Å²) >= 11 is 0. The van der Waals surface area contributed by atoms with Crippen LogP contribution in [0.15, 0.2) is 30.3 Å². The molecule has 0 bridgehead atoms. The first-order valence-corrected chi connectivity index (χ1v) is 11.2. The second kappa shape index (κ2) is 8.53. The third kappa shape index (κ3) is 4.25. The molecule has 0 radical (unpaired) electrons. The highest BCUT2D eigenvalue weighted by Crippen LogP contribution is 2.40. The largest absolute Gasteiger partial charge is 0.206 e. The molecule has 2 saturated carbocycles. The highest BCUT2D eigenvalue weighted by molar-refractivity contribution is 5.66. The van der Waals surface area contributed by atoms with E-state index in [1.807, 2.05) is 6.07 Å². The lowest BCUT2D eigenvalue weighted by Gasteiger charge is -2.27. The van der Waals surface area contributed by atoms with Crippen molar-refractivity contribution in [3.05, 3.63) is 58.9 Å². The quantitative estimate of drug-likeness (QED) is 0.485. The van der Waals surface area contributed by atoms with Gasteiger partial charge in [-0.1, -0.05) is 63.8 Å². The summed E-state index contributed by atoms with van der Waals surface area (Å²) in [6.45, 7) is 4.46. The lowest BCUT2D eigenvalue weighted by molar-refractivity contribution is 0.339. The van der Waals surface area contributed by atoms with E-state index in [0.29, 0.717) is 17.4 Å². The zero-order chi connectivity index (χ0) is 20.5. The van der Waals surface area contributed by atoms with Gasteiger partial charge in [-0.05, 0) is 66.5 Å². The van der Waals surface area contributed by atoms with Crippen LogP contribution in [0.4, 0.5) is 13.2 Å². The van der Waals surface area contributed by atoms with Crippen molar-refractivity contribution >= 4 is 0 Å². The van der Waals surface area contributed by atoms with Crippen molar-refractivity contribution in [2.24, 2.45) is 11.8 Å². The molecule has 0 aliphatic heterocycles. The first kappa shape index (κ1) is 20.5. The average Bonchev–Trinajstić information content (AvgIpc) is 2.72. The fraction of sp³-hybridized carbons (Fsp3) is 0.538. The smallest absolute Gasteiger partial charge is 0.167 e. The van der Waals surface area contributed by atoms with Crippen LogP contribution in [0, 0.1) is 29.3 Å². The Kier molecular flexibility index (Phi) is 6.03. The number of hydrogen-bond acceptors (Lipinski definition) is 0. The van der Waals surface area contributed by atoms with Gasteiger partial charge in [0, 0.05) is 11.1 Å². The van der Waals surface area contributed by atoms with Gasteiger partial charge in [0.2, 0.25) is 0 Å². The molecule has 0 heterocycles. The van der Waals surface area contributed by atoms with Crippen molar-refractivity contribution in [3.63, 3.8) is 0 Å². The molecule has 2 fully saturated rings. The zero-order valence-corrected chi connectivity index (χ0v) is 17.5. The Morgan fingerprint density at radius 3 is 1.76 bits per heavy atom. The average molecular weight is 401 g/mol. The minimum Gasteiger partial charge on any atom is -0.206 e. The Balaban J connectivity index is 1.59. The lowest BCUT2D eigenvalue weighted by Crippen LogP contribution is -2.13. The molecule has 3 heteroatoms. The van der Waals surface area contributed by atoms with Gasteiger partial charge in [-0.2, -0.15) is 0 Å².